The molecule has 4 rings (SSSR count). The van der Waals surface area contributed by atoms with Gasteiger partial charge in [-0.25, -0.2) is 19.1 Å². The van der Waals surface area contributed by atoms with Gasteiger partial charge in [-0.3, -0.25) is 9.78 Å². The molecule has 0 unspecified atom stereocenters. The fourth-order valence-corrected chi connectivity index (χ4v) is 4.99. The maximum absolute atomic E-state index is 12.6. The Labute approximate surface area is 187 Å². The van der Waals surface area contributed by atoms with Gasteiger partial charge < -0.3 is 9.84 Å². The molecule has 0 aliphatic heterocycles. The Hall–Kier alpha value is -3.46. The first-order valence-electron chi connectivity index (χ1n) is 10.4. The van der Waals surface area contributed by atoms with Gasteiger partial charge in [0.25, 0.3) is 5.56 Å². The molecule has 0 bridgehead atoms. The fourth-order valence-electron chi connectivity index (χ4n) is 3.77. The molecule has 1 aromatic carbocycles. The first kappa shape index (κ1) is 21.8. The Morgan fingerprint density at radius 3 is 2.69 bits per heavy atom. The second kappa shape index (κ2) is 8.96. The molecular formula is C23H23N3O5S. The van der Waals surface area contributed by atoms with Crippen molar-refractivity contribution in [1.29, 1.82) is 0 Å². The summed E-state index contributed by atoms with van der Waals surface area (Å²) in [7, 11) is 0. The van der Waals surface area contributed by atoms with Crippen molar-refractivity contribution in [3.8, 4) is 11.6 Å². The number of fused-ring (bicyclic) bond motifs is 1. The Balaban J connectivity index is 1.81. The molecule has 0 saturated carbocycles. The molecule has 166 valence electrons. The van der Waals surface area contributed by atoms with E-state index in [9.17, 15) is 19.5 Å². The van der Waals surface area contributed by atoms with Gasteiger partial charge in [0.1, 0.15) is 10.6 Å². The Kier molecular flexibility index (Phi) is 6.09. The Morgan fingerprint density at radius 2 is 1.97 bits per heavy atom. The van der Waals surface area contributed by atoms with Crippen LogP contribution in [0, 0.1) is 6.92 Å². The van der Waals surface area contributed by atoms with Crippen LogP contribution < -0.4 is 11.2 Å². The number of H-pyrrole nitrogens is 1. The van der Waals surface area contributed by atoms with Crippen LogP contribution in [0.1, 0.15) is 51.7 Å². The van der Waals surface area contributed by atoms with Crippen molar-refractivity contribution in [3.05, 3.63) is 72.2 Å². The summed E-state index contributed by atoms with van der Waals surface area (Å²) in [5, 5.41) is 11.2. The van der Waals surface area contributed by atoms with E-state index in [-0.39, 0.29) is 12.2 Å². The number of hydrogen-bond acceptors (Lipinski definition) is 7. The van der Waals surface area contributed by atoms with Crippen LogP contribution in [-0.4, -0.2) is 33.4 Å². The van der Waals surface area contributed by atoms with Crippen LogP contribution in [0.3, 0.4) is 0 Å². The number of aryl methyl sites for hydroxylation is 2. The van der Waals surface area contributed by atoms with E-state index in [1.165, 1.54) is 17.6 Å². The molecule has 0 radical (unpaired) electrons. The zero-order valence-corrected chi connectivity index (χ0v) is 18.6. The summed E-state index contributed by atoms with van der Waals surface area (Å²) < 4.78 is 6.23. The molecule has 2 aromatic heterocycles. The zero-order valence-electron chi connectivity index (χ0n) is 17.8. The van der Waals surface area contributed by atoms with Crippen LogP contribution in [0.5, 0.6) is 5.88 Å². The number of aromatic amines is 1. The molecule has 0 fully saturated rings. The summed E-state index contributed by atoms with van der Waals surface area (Å²) in [6.45, 7) is 3.89. The summed E-state index contributed by atoms with van der Waals surface area (Å²) in [6.07, 6.45) is 4.87. The van der Waals surface area contributed by atoms with Gasteiger partial charge in [0, 0.05) is 11.1 Å². The van der Waals surface area contributed by atoms with E-state index < -0.39 is 23.1 Å². The van der Waals surface area contributed by atoms with E-state index in [4.69, 9.17) is 4.74 Å². The smallest absolute Gasteiger partial charge is 0.341 e. The Morgan fingerprint density at radius 1 is 1.25 bits per heavy atom. The monoisotopic (exact) mass is 453 g/mol. The van der Waals surface area contributed by atoms with Gasteiger partial charge in [-0.15, -0.1) is 11.3 Å². The van der Waals surface area contributed by atoms with Crippen molar-refractivity contribution in [3.63, 3.8) is 0 Å². The highest BCUT2D eigenvalue weighted by atomic mass is 32.1. The highest BCUT2D eigenvalue weighted by molar-refractivity contribution is 7.16. The second-order valence-electron chi connectivity index (χ2n) is 7.54. The van der Waals surface area contributed by atoms with Gasteiger partial charge in [-0.1, -0.05) is 17.7 Å². The Bertz CT molecular complexity index is 1320. The number of esters is 1. The van der Waals surface area contributed by atoms with Crippen molar-refractivity contribution in [2.24, 2.45) is 4.99 Å². The maximum Gasteiger partial charge on any atom is 0.341 e. The lowest BCUT2D eigenvalue weighted by Gasteiger charge is -2.11. The van der Waals surface area contributed by atoms with Gasteiger partial charge in [0.2, 0.25) is 5.88 Å². The minimum Gasteiger partial charge on any atom is -0.493 e. The SMILES string of the molecule is CCOC(=O)c1c(/N=C/c2c(O)n(-c3ccc(C)cc3)c(=O)[nH]c2=O)sc2c1CCCC2. The summed E-state index contributed by atoms with van der Waals surface area (Å²) in [6, 6.07) is 6.92. The molecule has 2 N–H and O–H groups in total. The summed E-state index contributed by atoms with van der Waals surface area (Å²) in [5.41, 5.74) is 1.07. The summed E-state index contributed by atoms with van der Waals surface area (Å²) in [4.78, 5) is 45.1. The number of aromatic hydroxyl groups is 1. The number of ether oxygens (including phenoxy) is 1. The summed E-state index contributed by atoms with van der Waals surface area (Å²) in [5.74, 6) is -0.966. The van der Waals surface area contributed by atoms with Crippen molar-refractivity contribution < 1.29 is 14.6 Å². The number of hydrogen-bond donors (Lipinski definition) is 2. The van der Waals surface area contributed by atoms with E-state index in [1.807, 2.05) is 6.92 Å². The normalized spacial score (nSPS) is 13.3. The number of nitrogens with one attached hydrogen (secondary N) is 1. The van der Waals surface area contributed by atoms with Gasteiger partial charge in [-0.2, -0.15) is 0 Å². The van der Waals surface area contributed by atoms with E-state index in [0.717, 1.165) is 46.3 Å². The van der Waals surface area contributed by atoms with Gasteiger partial charge in [0.15, 0.2) is 0 Å². The number of nitrogens with zero attached hydrogens (tertiary/aromatic N) is 2. The quantitative estimate of drug-likeness (QED) is 0.454. The molecule has 0 spiro atoms. The molecule has 1 aliphatic carbocycles. The number of carbonyl (C=O) groups is 1. The van der Waals surface area contributed by atoms with E-state index in [2.05, 4.69) is 9.98 Å². The average Bonchev–Trinajstić information content (AvgIpc) is 3.13. The highest BCUT2D eigenvalue weighted by Gasteiger charge is 2.26. The number of rotatable bonds is 5. The molecule has 32 heavy (non-hydrogen) atoms. The van der Waals surface area contributed by atoms with Crippen LogP contribution in [0.4, 0.5) is 5.00 Å². The van der Waals surface area contributed by atoms with Gasteiger partial charge in [-0.05, 0) is 57.2 Å². The zero-order chi connectivity index (χ0) is 22.8. The first-order valence-corrected chi connectivity index (χ1v) is 11.2. The van der Waals surface area contributed by atoms with Gasteiger partial charge in [0.05, 0.1) is 17.9 Å². The maximum atomic E-state index is 12.6. The predicted molar refractivity (Wildman–Crippen MR) is 123 cm³/mol. The van der Waals surface area contributed by atoms with Crippen molar-refractivity contribution >= 4 is 28.5 Å². The fraction of sp³-hybridized carbons (Fsp3) is 0.304. The van der Waals surface area contributed by atoms with Crippen LogP contribution in [-0.2, 0) is 17.6 Å². The lowest BCUT2D eigenvalue weighted by molar-refractivity contribution is 0.0526. The van der Waals surface area contributed by atoms with E-state index >= 15 is 0 Å². The lowest BCUT2D eigenvalue weighted by Crippen LogP contribution is -2.31. The van der Waals surface area contributed by atoms with Crippen molar-refractivity contribution in [2.45, 2.75) is 39.5 Å². The third-order valence-electron chi connectivity index (χ3n) is 5.36. The molecule has 0 atom stereocenters. The molecule has 1 aliphatic rings. The molecule has 0 amide bonds. The molecular weight excluding hydrogens is 430 g/mol. The number of thiophene rings is 1. The topological polar surface area (TPSA) is 114 Å². The third-order valence-corrected chi connectivity index (χ3v) is 6.56. The van der Waals surface area contributed by atoms with Crippen LogP contribution in [0.25, 0.3) is 5.69 Å². The standard InChI is InChI=1S/C23H23N3O5S/c1-3-31-22(29)18-15-6-4-5-7-17(15)32-20(18)24-12-16-19(27)25-23(30)26(21(16)28)14-10-8-13(2)9-11-14/h8-12,28H,3-7H2,1-2H3,(H,25,27,30)/b24-12+. The van der Waals surface area contributed by atoms with Gasteiger partial charge >= 0.3 is 11.7 Å². The van der Waals surface area contributed by atoms with Crippen molar-refractivity contribution in [1.82, 2.24) is 9.55 Å². The van der Waals surface area contributed by atoms with E-state index in [1.54, 1.807) is 31.2 Å². The number of aliphatic imine (C=N–C) groups is 1. The molecule has 0 saturated heterocycles. The van der Waals surface area contributed by atoms with Crippen LogP contribution in [0.15, 0.2) is 38.8 Å². The summed E-state index contributed by atoms with van der Waals surface area (Å²) >= 11 is 1.39. The minimum atomic E-state index is -0.765. The van der Waals surface area contributed by atoms with Crippen LogP contribution in [0.2, 0.25) is 0 Å². The molecule has 2 heterocycles. The predicted octanol–water partition coefficient (Wildman–Crippen LogP) is 3.41. The number of carbonyl (C=O) groups excluding carboxylic acids is 1. The number of benzene rings is 1. The first-order chi connectivity index (χ1) is 15.4. The average molecular weight is 454 g/mol. The molecule has 9 heteroatoms. The molecule has 3 aromatic rings. The largest absolute Gasteiger partial charge is 0.493 e. The molecule has 8 nitrogen and oxygen atoms in total. The highest BCUT2D eigenvalue weighted by Crippen LogP contribution is 2.40. The third kappa shape index (κ3) is 4.03. The van der Waals surface area contributed by atoms with Crippen LogP contribution >= 0.6 is 11.3 Å². The van der Waals surface area contributed by atoms with E-state index in [0.29, 0.717) is 16.3 Å². The lowest BCUT2D eigenvalue weighted by atomic mass is 9.95. The number of aromatic nitrogens is 2. The van der Waals surface area contributed by atoms with Crippen molar-refractivity contribution in [2.75, 3.05) is 6.61 Å². The second-order valence-corrected chi connectivity index (χ2v) is 8.62. The minimum absolute atomic E-state index is 0.175.